The van der Waals surface area contributed by atoms with E-state index >= 15 is 0 Å². The summed E-state index contributed by atoms with van der Waals surface area (Å²) in [6.07, 6.45) is 0. The zero-order valence-electron chi connectivity index (χ0n) is 4.47. The number of hydrogen-bond donors (Lipinski definition) is 0. The molecule has 1 rings (SSSR count). The van der Waals surface area contributed by atoms with Crippen molar-refractivity contribution in [3.05, 3.63) is 35.9 Å². The number of benzene rings is 1. The second-order valence-corrected chi connectivity index (χ2v) is 2.18. The fourth-order valence-corrected chi connectivity index (χ4v) is 0.941. The molecule has 0 spiro atoms. The molecule has 0 heterocycles. The van der Waals surface area contributed by atoms with E-state index < -0.39 is 0 Å². The molecule has 0 nitrogen and oxygen atoms in total. The molecule has 0 amide bonds. The first-order valence-corrected chi connectivity index (χ1v) is 3.65. The molecule has 0 aliphatic rings. The molecular formula is C7H8BrNa. The summed E-state index contributed by atoms with van der Waals surface area (Å²) in [4.78, 5) is 0. The van der Waals surface area contributed by atoms with Gasteiger partial charge in [0.25, 0.3) is 0 Å². The first kappa shape index (κ1) is 9.70. The molecule has 0 unspecified atom stereocenters. The summed E-state index contributed by atoms with van der Waals surface area (Å²) >= 11 is 3.36. The maximum atomic E-state index is 3.36. The van der Waals surface area contributed by atoms with Gasteiger partial charge in [-0.2, -0.15) is 0 Å². The van der Waals surface area contributed by atoms with Gasteiger partial charge < -0.3 is 0 Å². The molecule has 0 fully saturated rings. The molecule has 0 aromatic heterocycles. The van der Waals surface area contributed by atoms with Crippen LogP contribution in [0.1, 0.15) is 5.56 Å². The third kappa shape index (κ3) is 3.41. The van der Waals surface area contributed by atoms with Crippen LogP contribution in [-0.2, 0) is 5.33 Å². The van der Waals surface area contributed by atoms with Gasteiger partial charge in [0.05, 0.1) is 0 Å². The van der Waals surface area contributed by atoms with Crippen LogP contribution in [0, 0.1) is 0 Å². The van der Waals surface area contributed by atoms with Crippen LogP contribution in [0.5, 0.6) is 0 Å². The van der Waals surface area contributed by atoms with E-state index in [9.17, 15) is 0 Å². The zero-order valence-corrected chi connectivity index (χ0v) is 6.06. The normalized spacial score (nSPS) is 8.11. The van der Waals surface area contributed by atoms with Crippen LogP contribution in [-0.4, -0.2) is 29.6 Å². The van der Waals surface area contributed by atoms with Gasteiger partial charge in [0.1, 0.15) is 0 Å². The minimum atomic E-state index is 0. The van der Waals surface area contributed by atoms with Crippen LogP contribution >= 0.6 is 15.9 Å². The molecule has 9 heavy (non-hydrogen) atoms. The first-order valence-electron chi connectivity index (χ1n) is 2.53. The van der Waals surface area contributed by atoms with Crippen molar-refractivity contribution in [2.45, 2.75) is 5.33 Å². The molecule has 0 saturated carbocycles. The Morgan fingerprint density at radius 3 is 2.00 bits per heavy atom. The fourth-order valence-electron chi connectivity index (χ4n) is 0.567. The fraction of sp³-hybridized carbons (Fsp3) is 0.143. The van der Waals surface area contributed by atoms with E-state index in [1.54, 1.807) is 0 Å². The summed E-state index contributed by atoms with van der Waals surface area (Å²) in [5.41, 5.74) is 1.33. The van der Waals surface area contributed by atoms with Crippen molar-refractivity contribution in [1.82, 2.24) is 0 Å². The quantitative estimate of drug-likeness (QED) is 0.474. The second kappa shape index (κ2) is 5.48. The number of hydrogen-bond acceptors (Lipinski definition) is 0. The SMILES string of the molecule is BrCc1ccccc1.[NaH]. The zero-order chi connectivity index (χ0) is 5.82. The van der Waals surface area contributed by atoms with Gasteiger partial charge in [-0.05, 0) is 5.56 Å². The summed E-state index contributed by atoms with van der Waals surface area (Å²) in [5.74, 6) is 0. The Hall–Kier alpha value is 0.700. The Balaban J connectivity index is 0.000000640. The van der Waals surface area contributed by atoms with Crippen molar-refractivity contribution in [3.63, 3.8) is 0 Å². The average Bonchev–Trinajstić information content (AvgIpc) is 1.90. The monoisotopic (exact) mass is 194 g/mol. The molecule has 0 atom stereocenters. The van der Waals surface area contributed by atoms with Gasteiger partial charge in [-0.15, -0.1) is 0 Å². The van der Waals surface area contributed by atoms with Crippen LogP contribution in [0.15, 0.2) is 30.3 Å². The molecule has 2 heteroatoms. The first-order chi connectivity index (χ1) is 3.93. The van der Waals surface area contributed by atoms with Gasteiger partial charge in [-0.3, -0.25) is 0 Å². The summed E-state index contributed by atoms with van der Waals surface area (Å²) in [5, 5.41) is 0.952. The van der Waals surface area contributed by atoms with E-state index in [0.717, 1.165) is 5.33 Å². The van der Waals surface area contributed by atoms with Gasteiger partial charge in [0.15, 0.2) is 0 Å². The van der Waals surface area contributed by atoms with E-state index in [0.29, 0.717) is 0 Å². The van der Waals surface area contributed by atoms with Gasteiger partial charge in [-0.25, -0.2) is 0 Å². The van der Waals surface area contributed by atoms with Crippen molar-refractivity contribution >= 4 is 45.5 Å². The average molecular weight is 195 g/mol. The Morgan fingerprint density at radius 1 is 1.11 bits per heavy atom. The Morgan fingerprint density at radius 2 is 1.67 bits per heavy atom. The Kier molecular flexibility index (Phi) is 5.91. The van der Waals surface area contributed by atoms with Crippen molar-refractivity contribution in [2.24, 2.45) is 0 Å². The van der Waals surface area contributed by atoms with E-state index in [4.69, 9.17) is 0 Å². The molecule has 0 aliphatic carbocycles. The summed E-state index contributed by atoms with van der Waals surface area (Å²) in [6.45, 7) is 0. The molecule has 0 radical (unpaired) electrons. The Labute approximate surface area is 86.1 Å². The van der Waals surface area contributed by atoms with E-state index in [-0.39, 0.29) is 29.6 Å². The van der Waals surface area contributed by atoms with Gasteiger partial charge in [-0.1, -0.05) is 46.3 Å². The van der Waals surface area contributed by atoms with E-state index in [1.165, 1.54) is 5.56 Å². The summed E-state index contributed by atoms with van der Waals surface area (Å²) < 4.78 is 0. The van der Waals surface area contributed by atoms with Crippen molar-refractivity contribution in [3.8, 4) is 0 Å². The summed E-state index contributed by atoms with van der Waals surface area (Å²) in [6, 6.07) is 10.3. The van der Waals surface area contributed by atoms with Crippen LogP contribution in [0.3, 0.4) is 0 Å². The second-order valence-electron chi connectivity index (χ2n) is 1.62. The molecule has 44 valence electrons. The van der Waals surface area contributed by atoms with Crippen molar-refractivity contribution < 1.29 is 0 Å². The molecular weight excluding hydrogens is 187 g/mol. The molecule has 1 aromatic carbocycles. The third-order valence-corrected chi connectivity index (χ3v) is 1.64. The van der Waals surface area contributed by atoms with Crippen molar-refractivity contribution in [2.75, 3.05) is 0 Å². The summed E-state index contributed by atoms with van der Waals surface area (Å²) in [7, 11) is 0. The Bertz CT molecular complexity index is 150. The molecule has 0 aliphatic heterocycles. The molecule has 0 bridgehead atoms. The van der Waals surface area contributed by atoms with Gasteiger partial charge >= 0.3 is 29.6 Å². The topological polar surface area (TPSA) is 0 Å². The molecule has 0 saturated heterocycles. The van der Waals surface area contributed by atoms with Gasteiger partial charge in [0, 0.05) is 5.33 Å². The number of alkyl halides is 1. The van der Waals surface area contributed by atoms with E-state index in [2.05, 4.69) is 28.1 Å². The molecule has 1 aromatic rings. The van der Waals surface area contributed by atoms with E-state index in [1.807, 2.05) is 18.2 Å². The molecule has 0 N–H and O–H groups in total. The van der Waals surface area contributed by atoms with Gasteiger partial charge in [0.2, 0.25) is 0 Å². The van der Waals surface area contributed by atoms with Crippen molar-refractivity contribution in [1.29, 1.82) is 0 Å². The predicted molar refractivity (Wildman–Crippen MR) is 46.2 cm³/mol. The predicted octanol–water partition coefficient (Wildman–Crippen LogP) is 1.93. The minimum absolute atomic E-state index is 0. The maximum absolute atomic E-state index is 3.36. The number of rotatable bonds is 1. The van der Waals surface area contributed by atoms with Crippen LogP contribution in [0.25, 0.3) is 0 Å². The standard InChI is InChI=1S/C7H7Br.Na.H/c8-6-7-4-2-1-3-5-7;;/h1-5H,6H2;;. The third-order valence-electron chi connectivity index (χ3n) is 0.997. The number of halogens is 1. The van der Waals surface area contributed by atoms with Crippen LogP contribution in [0.2, 0.25) is 0 Å². The van der Waals surface area contributed by atoms with Crippen LogP contribution < -0.4 is 0 Å². The van der Waals surface area contributed by atoms with Crippen LogP contribution in [0.4, 0.5) is 0 Å².